The lowest BCUT2D eigenvalue weighted by Gasteiger charge is -2.21. The van der Waals surface area contributed by atoms with E-state index in [1.165, 1.54) is 6.42 Å². The number of carbonyl (C=O) groups excluding carboxylic acids is 1. The van der Waals surface area contributed by atoms with Gasteiger partial charge >= 0.3 is 0 Å². The van der Waals surface area contributed by atoms with Crippen LogP contribution in [0, 0.1) is 0 Å². The monoisotopic (exact) mass is 262 g/mol. The second-order valence-corrected chi connectivity index (χ2v) is 4.98. The molecule has 1 fully saturated rings. The van der Waals surface area contributed by atoms with Gasteiger partial charge in [0, 0.05) is 19.6 Å². The van der Waals surface area contributed by atoms with Crippen molar-refractivity contribution in [3.05, 3.63) is 30.3 Å². The fraction of sp³-hybridized carbons (Fsp3) is 0.533. The molecule has 0 bridgehead atoms. The summed E-state index contributed by atoms with van der Waals surface area (Å²) < 4.78 is 5.53. The van der Waals surface area contributed by atoms with E-state index in [2.05, 4.69) is 5.32 Å². The summed E-state index contributed by atoms with van der Waals surface area (Å²) in [6.45, 7) is 2.30. The Balaban J connectivity index is 1.66. The van der Waals surface area contributed by atoms with Crippen LogP contribution in [0.1, 0.15) is 19.3 Å². The molecule has 1 saturated heterocycles. The highest BCUT2D eigenvalue weighted by Gasteiger charge is 2.18. The SMILES string of the molecule is CN(CC1CCCN1)C(=O)CCOc1ccccc1. The number of rotatable bonds is 6. The van der Waals surface area contributed by atoms with E-state index in [1.54, 1.807) is 4.90 Å². The standard InChI is InChI=1S/C15H22N2O2/c1-17(12-13-6-5-10-16-13)15(18)9-11-19-14-7-3-2-4-8-14/h2-4,7-8,13,16H,5-6,9-12H2,1H3. The van der Waals surface area contributed by atoms with Crippen LogP contribution in [-0.2, 0) is 4.79 Å². The molecular weight excluding hydrogens is 240 g/mol. The van der Waals surface area contributed by atoms with Crippen LogP contribution in [0.5, 0.6) is 5.75 Å². The smallest absolute Gasteiger partial charge is 0.225 e. The van der Waals surface area contributed by atoms with Gasteiger partial charge < -0.3 is 15.0 Å². The molecule has 1 amide bonds. The predicted molar refractivity (Wildman–Crippen MR) is 75.2 cm³/mol. The number of hydrogen-bond acceptors (Lipinski definition) is 3. The highest BCUT2D eigenvalue weighted by molar-refractivity contribution is 5.76. The van der Waals surface area contributed by atoms with Gasteiger partial charge in [0.2, 0.25) is 5.91 Å². The molecule has 19 heavy (non-hydrogen) atoms. The van der Waals surface area contributed by atoms with Crippen LogP contribution in [0.4, 0.5) is 0 Å². The summed E-state index contributed by atoms with van der Waals surface area (Å²) in [5, 5.41) is 3.40. The first kappa shape index (κ1) is 13.9. The molecule has 0 aliphatic carbocycles. The highest BCUT2D eigenvalue weighted by Crippen LogP contribution is 2.09. The minimum Gasteiger partial charge on any atom is -0.493 e. The summed E-state index contributed by atoms with van der Waals surface area (Å²) in [5.74, 6) is 0.958. The van der Waals surface area contributed by atoms with E-state index in [4.69, 9.17) is 4.74 Å². The van der Waals surface area contributed by atoms with Crippen molar-refractivity contribution in [2.45, 2.75) is 25.3 Å². The molecule has 0 spiro atoms. The van der Waals surface area contributed by atoms with Crippen LogP contribution in [-0.4, -0.2) is 43.6 Å². The van der Waals surface area contributed by atoms with Crippen LogP contribution in [0.2, 0.25) is 0 Å². The number of likely N-dealkylation sites (N-methyl/N-ethyl adjacent to an activating group) is 1. The quantitative estimate of drug-likeness (QED) is 0.848. The first-order chi connectivity index (χ1) is 9.25. The number of benzene rings is 1. The molecule has 4 heteroatoms. The fourth-order valence-electron chi connectivity index (χ4n) is 2.31. The maximum Gasteiger partial charge on any atom is 0.225 e. The van der Waals surface area contributed by atoms with Gasteiger partial charge in [0.15, 0.2) is 0 Å². The van der Waals surface area contributed by atoms with Gasteiger partial charge in [-0.1, -0.05) is 18.2 Å². The van der Waals surface area contributed by atoms with Gasteiger partial charge in [0.1, 0.15) is 5.75 Å². The van der Waals surface area contributed by atoms with E-state index in [0.29, 0.717) is 19.1 Å². The maximum absolute atomic E-state index is 11.9. The molecule has 1 N–H and O–H groups in total. The molecule has 0 saturated carbocycles. The normalized spacial score (nSPS) is 18.3. The van der Waals surface area contributed by atoms with Crippen molar-refractivity contribution in [1.29, 1.82) is 0 Å². The molecule has 1 aliphatic rings. The molecule has 2 rings (SSSR count). The van der Waals surface area contributed by atoms with Crippen molar-refractivity contribution in [3.8, 4) is 5.75 Å². The van der Waals surface area contributed by atoms with Crippen molar-refractivity contribution in [1.82, 2.24) is 10.2 Å². The zero-order valence-electron chi connectivity index (χ0n) is 11.5. The van der Waals surface area contributed by atoms with Crippen LogP contribution >= 0.6 is 0 Å². The summed E-state index contributed by atoms with van der Waals surface area (Å²) in [6.07, 6.45) is 2.81. The van der Waals surface area contributed by atoms with Gasteiger partial charge in [-0.15, -0.1) is 0 Å². The van der Waals surface area contributed by atoms with Crippen LogP contribution in [0.25, 0.3) is 0 Å². The number of amides is 1. The fourth-order valence-corrected chi connectivity index (χ4v) is 2.31. The van der Waals surface area contributed by atoms with Crippen molar-refractivity contribution >= 4 is 5.91 Å². The van der Waals surface area contributed by atoms with Crippen molar-refractivity contribution < 1.29 is 9.53 Å². The molecule has 1 aromatic carbocycles. The minimum absolute atomic E-state index is 0.143. The largest absolute Gasteiger partial charge is 0.493 e. The molecule has 104 valence electrons. The molecule has 1 atom stereocenters. The number of nitrogens with zero attached hydrogens (tertiary/aromatic N) is 1. The summed E-state index contributed by atoms with van der Waals surface area (Å²) in [7, 11) is 1.87. The Morgan fingerprint density at radius 1 is 1.42 bits per heavy atom. The van der Waals surface area contributed by atoms with Crippen LogP contribution in [0.3, 0.4) is 0 Å². The van der Waals surface area contributed by atoms with Crippen molar-refractivity contribution in [2.75, 3.05) is 26.7 Å². The van der Waals surface area contributed by atoms with Gasteiger partial charge in [-0.25, -0.2) is 0 Å². The lowest BCUT2D eigenvalue weighted by atomic mass is 10.2. The van der Waals surface area contributed by atoms with E-state index in [1.807, 2.05) is 37.4 Å². The Bertz CT molecular complexity index is 388. The molecule has 1 aliphatic heterocycles. The molecule has 1 unspecified atom stereocenters. The lowest BCUT2D eigenvalue weighted by molar-refractivity contribution is -0.130. The second-order valence-electron chi connectivity index (χ2n) is 4.98. The number of carbonyl (C=O) groups is 1. The lowest BCUT2D eigenvalue weighted by Crippen LogP contribution is -2.39. The van der Waals surface area contributed by atoms with E-state index < -0.39 is 0 Å². The van der Waals surface area contributed by atoms with Crippen LogP contribution < -0.4 is 10.1 Å². The summed E-state index contributed by atoms with van der Waals surface area (Å²) in [6, 6.07) is 10.1. The average Bonchev–Trinajstić information content (AvgIpc) is 2.92. The number of ether oxygens (including phenoxy) is 1. The van der Waals surface area contributed by atoms with Crippen molar-refractivity contribution in [3.63, 3.8) is 0 Å². The zero-order valence-corrected chi connectivity index (χ0v) is 11.5. The average molecular weight is 262 g/mol. The molecule has 0 radical (unpaired) electrons. The second kappa shape index (κ2) is 7.14. The molecular formula is C15H22N2O2. The van der Waals surface area contributed by atoms with Crippen molar-refractivity contribution in [2.24, 2.45) is 0 Å². The van der Waals surface area contributed by atoms with E-state index in [9.17, 15) is 4.79 Å². The van der Waals surface area contributed by atoms with Gasteiger partial charge in [-0.2, -0.15) is 0 Å². The Morgan fingerprint density at radius 3 is 2.89 bits per heavy atom. The molecule has 1 heterocycles. The first-order valence-corrected chi connectivity index (χ1v) is 6.91. The molecule has 0 aromatic heterocycles. The van der Waals surface area contributed by atoms with E-state index >= 15 is 0 Å². The first-order valence-electron chi connectivity index (χ1n) is 6.91. The topological polar surface area (TPSA) is 41.6 Å². The van der Waals surface area contributed by atoms with Gasteiger partial charge in [-0.3, -0.25) is 4.79 Å². The Labute approximate surface area is 114 Å². The summed E-state index contributed by atoms with van der Waals surface area (Å²) >= 11 is 0. The summed E-state index contributed by atoms with van der Waals surface area (Å²) in [5.41, 5.74) is 0. The zero-order chi connectivity index (χ0) is 13.5. The third-order valence-corrected chi connectivity index (χ3v) is 3.41. The van der Waals surface area contributed by atoms with E-state index in [-0.39, 0.29) is 5.91 Å². The Morgan fingerprint density at radius 2 is 2.21 bits per heavy atom. The van der Waals surface area contributed by atoms with Crippen LogP contribution in [0.15, 0.2) is 30.3 Å². The molecule has 4 nitrogen and oxygen atoms in total. The summed E-state index contributed by atoms with van der Waals surface area (Å²) in [4.78, 5) is 13.7. The number of hydrogen-bond donors (Lipinski definition) is 1. The van der Waals surface area contributed by atoms with Gasteiger partial charge in [0.25, 0.3) is 0 Å². The third-order valence-electron chi connectivity index (χ3n) is 3.41. The van der Waals surface area contributed by atoms with E-state index in [0.717, 1.165) is 25.3 Å². The number of nitrogens with one attached hydrogen (secondary N) is 1. The maximum atomic E-state index is 11.9. The number of para-hydroxylation sites is 1. The minimum atomic E-state index is 0.143. The predicted octanol–water partition coefficient (Wildman–Crippen LogP) is 1.67. The third kappa shape index (κ3) is 4.56. The highest BCUT2D eigenvalue weighted by atomic mass is 16.5. The van der Waals surface area contributed by atoms with Gasteiger partial charge in [-0.05, 0) is 31.5 Å². The molecule has 1 aromatic rings. The Kier molecular flexibility index (Phi) is 5.21. The van der Waals surface area contributed by atoms with Gasteiger partial charge in [0.05, 0.1) is 13.0 Å². The Hall–Kier alpha value is -1.55.